The van der Waals surface area contributed by atoms with Crippen LogP contribution in [0, 0.1) is 0 Å². The molecule has 0 bridgehead atoms. The van der Waals surface area contributed by atoms with Gasteiger partial charge in [0.25, 0.3) is 0 Å². The number of rotatable bonds is 8. The number of unbranched alkanes of at least 4 members (excludes halogenated alkanes) is 2. The van der Waals surface area contributed by atoms with Crippen molar-refractivity contribution in [2.24, 2.45) is 5.73 Å². The van der Waals surface area contributed by atoms with Gasteiger partial charge in [-0.05, 0) is 12.8 Å². The van der Waals surface area contributed by atoms with Gasteiger partial charge in [0.15, 0.2) is 0 Å². The lowest BCUT2D eigenvalue weighted by molar-refractivity contribution is 0.502. The van der Waals surface area contributed by atoms with Gasteiger partial charge in [-0.15, -0.1) is 11.8 Å². The molecule has 0 radical (unpaired) electrons. The lowest BCUT2D eigenvalue weighted by atomic mass is 9.97. The molecule has 1 atom stereocenters. The minimum absolute atomic E-state index is 0.443. The first-order valence-corrected chi connectivity index (χ1v) is 6.51. The molecule has 1 nitrogen and oxygen atoms in total. The summed E-state index contributed by atoms with van der Waals surface area (Å²) >= 11 is 1.93. The van der Waals surface area contributed by atoms with E-state index in [1.54, 1.807) is 0 Å². The molecule has 0 saturated heterocycles. The molecule has 13 heavy (non-hydrogen) atoms. The molecule has 0 aromatic heterocycles. The standard InChI is InChI=1S/C11H25NS/c1-4-6-7-9-11(3,8-5-2)13-10-12/h4-10,12H2,1-3H3. The van der Waals surface area contributed by atoms with E-state index >= 15 is 0 Å². The lowest BCUT2D eigenvalue weighted by Crippen LogP contribution is -2.22. The van der Waals surface area contributed by atoms with Crippen molar-refractivity contribution in [1.29, 1.82) is 0 Å². The highest BCUT2D eigenvalue weighted by molar-refractivity contribution is 8.00. The van der Waals surface area contributed by atoms with Crippen molar-refractivity contribution >= 4 is 11.8 Å². The second-order valence-electron chi connectivity index (χ2n) is 3.97. The average Bonchev–Trinajstić information content (AvgIpc) is 2.05. The van der Waals surface area contributed by atoms with E-state index in [1.807, 2.05) is 11.8 Å². The Hall–Kier alpha value is 0.310. The molecule has 1 unspecified atom stereocenters. The zero-order valence-electron chi connectivity index (χ0n) is 9.44. The summed E-state index contributed by atoms with van der Waals surface area (Å²) < 4.78 is 0.443. The van der Waals surface area contributed by atoms with Crippen LogP contribution in [0.4, 0.5) is 0 Å². The molecular formula is C11H25NS. The quantitative estimate of drug-likeness (QED) is 0.480. The third-order valence-corrected chi connectivity index (χ3v) is 3.79. The van der Waals surface area contributed by atoms with Crippen LogP contribution < -0.4 is 5.73 Å². The van der Waals surface area contributed by atoms with Crippen molar-refractivity contribution in [2.45, 2.75) is 64.0 Å². The van der Waals surface area contributed by atoms with Crippen LogP contribution in [0.15, 0.2) is 0 Å². The third kappa shape index (κ3) is 6.39. The number of nitrogens with two attached hydrogens (primary N) is 1. The molecule has 0 aliphatic heterocycles. The zero-order chi connectivity index (χ0) is 10.2. The van der Waals surface area contributed by atoms with Gasteiger partial charge in [-0.3, -0.25) is 0 Å². The Balaban J connectivity index is 3.76. The Kier molecular flexibility index (Phi) is 7.87. The van der Waals surface area contributed by atoms with Gasteiger partial charge >= 0.3 is 0 Å². The van der Waals surface area contributed by atoms with Crippen molar-refractivity contribution in [3.63, 3.8) is 0 Å². The molecule has 0 spiro atoms. The monoisotopic (exact) mass is 203 g/mol. The molecule has 0 heterocycles. The van der Waals surface area contributed by atoms with Crippen molar-refractivity contribution in [3.05, 3.63) is 0 Å². The molecule has 0 aromatic rings. The van der Waals surface area contributed by atoms with Gasteiger partial charge in [0.05, 0.1) is 0 Å². The molecule has 0 amide bonds. The Morgan fingerprint density at radius 2 is 1.77 bits per heavy atom. The maximum atomic E-state index is 5.61. The van der Waals surface area contributed by atoms with E-state index in [1.165, 1.54) is 38.5 Å². The summed E-state index contributed by atoms with van der Waals surface area (Å²) in [5.41, 5.74) is 5.61. The molecule has 2 heteroatoms. The highest BCUT2D eigenvalue weighted by atomic mass is 32.2. The molecule has 0 aliphatic rings. The lowest BCUT2D eigenvalue weighted by Gasteiger charge is -2.28. The topological polar surface area (TPSA) is 26.0 Å². The first-order chi connectivity index (χ1) is 6.18. The van der Waals surface area contributed by atoms with Gasteiger partial charge in [-0.25, -0.2) is 0 Å². The predicted octanol–water partition coefficient (Wildman–Crippen LogP) is 3.77. The van der Waals surface area contributed by atoms with E-state index in [-0.39, 0.29) is 0 Å². The van der Waals surface area contributed by atoms with Crippen LogP contribution in [-0.4, -0.2) is 10.6 Å². The second kappa shape index (κ2) is 7.69. The number of hydrogen-bond donors (Lipinski definition) is 1. The zero-order valence-corrected chi connectivity index (χ0v) is 10.3. The molecule has 0 aliphatic carbocycles. The fourth-order valence-corrected chi connectivity index (χ4v) is 2.79. The summed E-state index contributed by atoms with van der Waals surface area (Å²) in [6.45, 7) is 6.88. The first-order valence-electron chi connectivity index (χ1n) is 5.52. The normalized spacial score (nSPS) is 15.7. The van der Waals surface area contributed by atoms with E-state index in [0.717, 1.165) is 5.88 Å². The van der Waals surface area contributed by atoms with E-state index in [0.29, 0.717) is 4.75 Å². The van der Waals surface area contributed by atoms with E-state index in [2.05, 4.69) is 20.8 Å². The van der Waals surface area contributed by atoms with Crippen molar-refractivity contribution in [1.82, 2.24) is 0 Å². The molecule has 0 saturated carbocycles. The van der Waals surface area contributed by atoms with Crippen molar-refractivity contribution in [3.8, 4) is 0 Å². The van der Waals surface area contributed by atoms with Crippen LogP contribution in [0.5, 0.6) is 0 Å². The van der Waals surface area contributed by atoms with Crippen LogP contribution >= 0.6 is 11.8 Å². The summed E-state index contributed by atoms with van der Waals surface area (Å²) in [6.07, 6.45) is 7.95. The van der Waals surface area contributed by atoms with E-state index in [4.69, 9.17) is 5.73 Å². The van der Waals surface area contributed by atoms with Gasteiger partial charge in [-0.1, -0.05) is 46.5 Å². The smallest absolute Gasteiger partial charge is 0.0398 e. The highest BCUT2D eigenvalue weighted by Crippen LogP contribution is 2.34. The molecule has 0 aromatic carbocycles. The molecule has 0 fully saturated rings. The second-order valence-corrected chi connectivity index (χ2v) is 5.58. The van der Waals surface area contributed by atoms with Crippen molar-refractivity contribution < 1.29 is 0 Å². The SMILES string of the molecule is CCCCCC(C)(CCC)SCN. The largest absolute Gasteiger partial charge is 0.322 e. The summed E-state index contributed by atoms with van der Waals surface area (Å²) in [5.74, 6) is 0.766. The summed E-state index contributed by atoms with van der Waals surface area (Å²) in [5, 5.41) is 0. The summed E-state index contributed by atoms with van der Waals surface area (Å²) in [4.78, 5) is 0. The molecular weight excluding hydrogens is 178 g/mol. The molecule has 2 N–H and O–H groups in total. The highest BCUT2D eigenvalue weighted by Gasteiger charge is 2.22. The minimum Gasteiger partial charge on any atom is -0.322 e. The van der Waals surface area contributed by atoms with Gasteiger partial charge in [0.1, 0.15) is 0 Å². The van der Waals surface area contributed by atoms with Gasteiger partial charge < -0.3 is 5.73 Å². The third-order valence-electron chi connectivity index (χ3n) is 2.52. The van der Waals surface area contributed by atoms with E-state index < -0.39 is 0 Å². The van der Waals surface area contributed by atoms with Crippen molar-refractivity contribution in [2.75, 3.05) is 5.88 Å². The number of thioether (sulfide) groups is 1. The Morgan fingerprint density at radius 1 is 1.08 bits per heavy atom. The Morgan fingerprint density at radius 3 is 2.23 bits per heavy atom. The van der Waals surface area contributed by atoms with Gasteiger partial charge in [0.2, 0.25) is 0 Å². The maximum Gasteiger partial charge on any atom is 0.0398 e. The van der Waals surface area contributed by atoms with Crippen LogP contribution in [0.25, 0.3) is 0 Å². The fraction of sp³-hybridized carbons (Fsp3) is 1.00. The van der Waals surface area contributed by atoms with Crippen LogP contribution in [0.1, 0.15) is 59.3 Å². The van der Waals surface area contributed by atoms with Crippen LogP contribution in [0.2, 0.25) is 0 Å². The first kappa shape index (κ1) is 13.3. The number of hydrogen-bond acceptors (Lipinski definition) is 2. The van der Waals surface area contributed by atoms with Gasteiger partial charge in [-0.2, -0.15) is 0 Å². The van der Waals surface area contributed by atoms with Gasteiger partial charge in [0, 0.05) is 10.6 Å². The fourth-order valence-electron chi connectivity index (χ4n) is 1.75. The average molecular weight is 203 g/mol. The molecule has 80 valence electrons. The summed E-state index contributed by atoms with van der Waals surface area (Å²) in [7, 11) is 0. The van der Waals surface area contributed by atoms with Crippen LogP contribution in [-0.2, 0) is 0 Å². The maximum absolute atomic E-state index is 5.61. The minimum atomic E-state index is 0.443. The molecule has 0 rings (SSSR count). The Bertz CT molecular complexity index is 109. The van der Waals surface area contributed by atoms with Crippen LogP contribution in [0.3, 0.4) is 0 Å². The summed E-state index contributed by atoms with van der Waals surface area (Å²) in [6, 6.07) is 0. The Labute approximate surface area is 87.9 Å². The predicted molar refractivity (Wildman–Crippen MR) is 64.1 cm³/mol. The van der Waals surface area contributed by atoms with E-state index in [9.17, 15) is 0 Å².